The average molecular weight is 333 g/mol. The van der Waals surface area contributed by atoms with Gasteiger partial charge in [0, 0.05) is 5.41 Å². The number of nitrogens with one attached hydrogen (secondary N) is 1. The second-order valence-electron chi connectivity index (χ2n) is 6.48. The fourth-order valence-corrected chi connectivity index (χ4v) is 3.53. The number of ether oxygens (including phenoxy) is 1. The van der Waals surface area contributed by atoms with Gasteiger partial charge in [0.15, 0.2) is 6.19 Å². The molecule has 2 aromatic rings. The standard InChI is InChI=1S/C21H23N3O/c22-17-24-20(25-19-12-6-2-7-13-19)23-16-21(14-8-3-9-15-21)18-10-4-1-5-11-18/h1-2,4-7,10-13H,3,8-9,14-16H2,(H,23,24). The number of nitrogens with zero attached hydrogens (tertiary/aromatic N) is 2. The van der Waals surface area contributed by atoms with Crippen LogP contribution in [0.3, 0.4) is 0 Å². The molecule has 1 N–H and O–H groups in total. The Labute approximate surface area is 149 Å². The van der Waals surface area contributed by atoms with Crippen LogP contribution < -0.4 is 10.1 Å². The van der Waals surface area contributed by atoms with Crippen LogP contribution in [0.1, 0.15) is 37.7 Å². The topological polar surface area (TPSA) is 57.4 Å². The molecule has 0 spiro atoms. The zero-order chi connectivity index (χ0) is 17.4. The summed E-state index contributed by atoms with van der Waals surface area (Å²) < 4.78 is 5.74. The van der Waals surface area contributed by atoms with Crippen molar-refractivity contribution >= 4 is 6.02 Å². The third kappa shape index (κ3) is 4.39. The first-order chi connectivity index (χ1) is 12.3. The van der Waals surface area contributed by atoms with Crippen molar-refractivity contribution in [1.82, 2.24) is 5.32 Å². The molecule has 0 unspecified atom stereocenters. The molecule has 4 nitrogen and oxygen atoms in total. The van der Waals surface area contributed by atoms with Gasteiger partial charge < -0.3 is 4.74 Å². The SMILES string of the molecule is N#CNC(=NCC1(c2ccccc2)CCCCC1)Oc1ccccc1. The Morgan fingerprint density at radius 1 is 1.00 bits per heavy atom. The first-order valence-electron chi connectivity index (χ1n) is 8.80. The summed E-state index contributed by atoms with van der Waals surface area (Å²) in [5.74, 6) is 0.668. The summed E-state index contributed by atoms with van der Waals surface area (Å²) in [5, 5.41) is 11.6. The Kier molecular flexibility index (Phi) is 5.69. The fourth-order valence-electron chi connectivity index (χ4n) is 3.53. The van der Waals surface area contributed by atoms with Gasteiger partial charge in [-0.3, -0.25) is 0 Å². The van der Waals surface area contributed by atoms with E-state index in [0.717, 1.165) is 12.8 Å². The number of nitriles is 1. The van der Waals surface area contributed by atoms with Gasteiger partial charge in [0.05, 0.1) is 6.54 Å². The van der Waals surface area contributed by atoms with E-state index in [4.69, 9.17) is 10.00 Å². The van der Waals surface area contributed by atoms with E-state index in [1.54, 1.807) is 0 Å². The number of benzene rings is 2. The van der Waals surface area contributed by atoms with Crippen LogP contribution in [0.5, 0.6) is 5.75 Å². The molecule has 2 aromatic carbocycles. The molecule has 0 aromatic heterocycles. The van der Waals surface area contributed by atoms with Crippen molar-refractivity contribution in [2.75, 3.05) is 6.54 Å². The Hall–Kier alpha value is -2.80. The van der Waals surface area contributed by atoms with Gasteiger partial charge in [-0.15, -0.1) is 0 Å². The lowest BCUT2D eigenvalue weighted by molar-refractivity contribution is 0.299. The van der Waals surface area contributed by atoms with E-state index in [2.05, 4.69) is 34.6 Å². The second-order valence-corrected chi connectivity index (χ2v) is 6.48. The maximum atomic E-state index is 9.01. The largest absolute Gasteiger partial charge is 0.425 e. The zero-order valence-electron chi connectivity index (χ0n) is 14.3. The molecule has 4 heteroatoms. The first kappa shape index (κ1) is 17.0. The molecule has 0 heterocycles. The third-order valence-corrected chi connectivity index (χ3v) is 4.84. The quantitative estimate of drug-likeness (QED) is 0.391. The van der Waals surface area contributed by atoms with Crippen molar-refractivity contribution in [3.05, 3.63) is 66.2 Å². The minimum absolute atomic E-state index is 0.0297. The van der Waals surface area contributed by atoms with Crippen molar-refractivity contribution in [2.24, 2.45) is 4.99 Å². The van der Waals surface area contributed by atoms with Crippen LogP contribution in [-0.4, -0.2) is 12.6 Å². The minimum atomic E-state index is 0.0297. The minimum Gasteiger partial charge on any atom is -0.425 e. The summed E-state index contributed by atoms with van der Waals surface area (Å²) in [7, 11) is 0. The van der Waals surface area contributed by atoms with Gasteiger partial charge in [-0.25, -0.2) is 10.3 Å². The highest BCUT2D eigenvalue weighted by Gasteiger charge is 2.33. The summed E-state index contributed by atoms with van der Waals surface area (Å²) in [5.41, 5.74) is 1.36. The first-order valence-corrected chi connectivity index (χ1v) is 8.80. The Bertz CT molecular complexity index is 729. The van der Waals surface area contributed by atoms with Crippen LogP contribution in [0.4, 0.5) is 0 Å². The van der Waals surface area contributed by atoms with E-state index in [1.165, 1.54) is 24.8 Å². The summed E-state index contributed by atoms with van der Waals surface area (Å²) >= 11 is 0. The molecular weight excluding hydrogens is 310 g/mol. The maximum absolute atomic E-state index is 9.01. The highest BCUT2D eigenvalue weighted by Crippen LogP contribution is 2.39. The molecule has 0 bridgehead atoms. The van der Waals surface area contributed by atoms with Gasteiger partial charge in [-0.1, -0.05) is 67.8 Å². The summed E-state index contributed by atoms with van der Waals surface area (Å²) in [6, 6.07) is 20.3. The Balaban J connectivity index is 1.82. The molecule has 1 aliphatic carbocycles. The molecule has 1 fully saturated rings. The lowest BCUT2D eigenvalue weighted by Gasteiger charge is -2.36. The molecule has 128 valence electrons. The maximum Gasteiger partial charge on any atom is 0.303 e. The van der Waals surface area contributed by atoms with Gasteiger partial charge in [0.1, 0.15) is 5.75 Å². The van der Waals surface area contributed by atoms with Gasteiger partial charge in [0.25, 0.3) is 0 Å². The molecule has 3 rings (SSSR count). The molecular formula is C21H23N3O. The van der Waals surface area contributed by atoms with E-state index in [9.17, 15) is 0 Å². The van der Waals surface area contributed by atoms with Crippen LogP contribution in [0.15, 0.2) is 65.7 Å². The molecule has 1 aliphatic rings. The van der Waals surface area contributed by atoms with Crippen LogP contribution in [0.25, 0.3) is 0 Å². The molecule has 0 atom stereocenters. The lowest BCUT2D eigenvalue weighted by Crippen LogP contribution is -2.34. The van der Waals surface area contributed by atoms with Crippen LogP contribution in [-0.2, 0) is 5.41 Å². The van der Waals surface area contributed by atoms with E-state index >= 15 is 0 Å². The average Bonchev–Trinajstić information content (AvgIpc) is 2.69. The normalized spacial score (nSPS) is 16.7. The Morgan fingerprint density at radius 3 is 2.28 bits per heavy atom. The molecule has 0 aliphatic heterocycles. The van der Waals surface area contributed by atoms with E-state index in [-0.39, 0.29) is 11.4 Å². The third-order valence-electron chi connectivity index (χ3n) is 4.84. The van der Waals surface area contributed by atoms with Crippen LogP contribution >= 0.6 is 0 Å². The number of rotatable bonds is 4. The van der Waals surface area contributed by atoms with Crippen molar-refractivity contribution < 1.29 is 4.74 Å². The summed E-state index contributed by atoms with van der Waals surface area (Å²) in [4.78, 5) is 4.64. The number of aliphatic imine (C=N–C) groups is 1. The van der Waals surface area contributed by atoms with Crippen LogP contribution in [0.2, 0.25) is 0 Å². The zero-order valence-corrected chi connectivity index (χ0v) is 14.3. The monoisotopic (exact) mass is 333 g/mol. The predicted molar refractivity (Wildman–Crippen MR) is 99.3 cm³/mol. The van der Waals surface area contributed by atoms with Crippen molar-refractivity contribution in [1.29, 1.82) is 5.26 Å². The van der Waals surface area contributed by atoms with Gasteiger partial charge >= 0.3 is 6.02 Å². The molecule has 0 amide bonds. The van der Waals surface area contributed by atoms with Gasteiger partial charge in [-0.2, -0.15) is 5.26 Å². The molecule has 25 heavy (non-hydrogen) atoms. The second kappa shape index (κ2) is 8.34. The number of para-hydroxylation sites is 1. The van der Waals surface area contributed by atoms with Crippen molar-refractivity contribution in [2.45, 2.75) is 37.5 Å². The molecule has 1 saturated carbocycles. The van der Waals surface area contributed by atoms with E-state index in [0.29, 0.717) is 12.3 Å². The highest BCUT2D eigenvalue weighted by molar-refractivity contribution is 5.77. The van der Waals surface area contributed by atoms with E-state index < -0.39 is 0 Å². The van der Waals surface area contributed by atoms with Crippen molar-refractivity contribution in [3.63, 3.8) is 0 Å². The lowest BCUT2D eigenvalue weighted by atomic mass is 9.69. The molecule has 0 radical (unpaired) electrons. The van der Waals surface area contributed by atoms with Gasteiger partial charge in [0.2, 0.25) is 0 Å². The number of hydrogen-bond donors (Lipinski definition) is 1. The van der Waals surface area contributed by atoms with Crippen molar-refractivity contribution in [3.8, 4) is 11.9 Å². The smallest absolute Gasteiger partial charge is 0.303 e. The summed E-state index contributed by atoms with van der Waals surface area (Å²) in [6.07, 6.45) is 7.86. The fraction of sp³-hybridized carbons (Fsp3) is 0.333. The van der Waals surface area contributed by atoms with Gasteiger partial charge in [-0.05, 0) is 30.5 Å². The Morgan fingerprint density at radius 2 is 1.64 bits per heavy atom. The molecule has 0 saturated heterocycles. The van der Waals surface area contributed by atoms with E-state index in [1.807, 2.05) is 42.6 Å². The van der Waals surface area contributed by atoms with Crippen LogP contribution in [0, 0.1) is 11.5 Å². The highest BCUT2D eigenvalue weighted by atomic mass is 16.5. The number of hydrogen-bond acceptors (Lipinski definition) is 3. The summed E-state index contributed by atoms with van der Waals surface area (Å²) in [6.45, 7) is 0.619. The number of amidine groups is 1. The predicted octanol–water partition coefficient (Wildman–Crippen LogP) is 4.39.